The van der Waals surface area contributed by atoms with Crippen molar-refractivity contribution in [2.75, 3.05) is 6.61 Å². The summed E-state index contributed by atoms with van der Waals surface area (Å²) in [5.74, 6) is -1.02. The maximum atomic E-state index is 12.6. The second-order valence-corrected chi connectivity index (χ2v) is 7.17. The molecule has 1 aliphatic heterocycles. The molecular formula is C17H25NO5. The van der Waals surface area contributed by atoms with Crippen molar-refractivity contribution in [3.8, 4) is 0 Å². The van der Waals surface area contributed by atoms with E-state index in [0.717, 1.165) is 0 Å². The Morgan fingerprint density at radius 1 is 1.35 bits per heavy atom. The first kappa shape index (κ1) is 17.5. The summed E-state index contributed by atoms with van der Waals surface area (Å²) in [5.41, 5.74) is -0.177. The quantitative estimate of drug-likeness (QED) is 0.576. The van der Waals surface area contributed by atoms with Crippen LogP contribution in [0.5, 0.6) is 0 Å². The third-order valence-corrected chi connectivity index (χ3v) is 4.44. The molecule has 0 unspecified atom stereocenters. The van der Waals surface area contributed by atoms with Gasteiger partial charge in [0.05, 0.1) is 6.61 Å². The summed E-state index contributed by atoms with van der Waals surface area (Å²) in [5, 5.41) is 0. The molecule has 2 fully saturated rings. The molecule has 0 radical (unpaired) electrons. The Hall–Kier alpha value is -1.85. The number of carbonyl (C=O) groups excluding carboxylic acids is 3. The van der Waals surface area contributed by atoms with E-state index in [1.165, 1.54) is 4.90 Å². The van der Waals surface area contributed by atoms with E-state index in [2.05, 4.69) is 6.58 Å². The largest absolute Gasteiger partial charge is 0.464 e. The number of ether oxygens (including phenoxy) is 2. The predicted molar refractivity (Wildman–Crippen MR) is 83.7 cm³/mol. The van der Waals surface area contributed by atoms with Crippen molar-refractivity contribution in [2.45, 2.75) is 58.7 Å². The molecule has 1 heterocycles. The number of amides is 1. The summed E-state index contributed by atoms with van der Waals surface area (Å²) >= 11 is 0. The minimum atomic E-state index is -0.798. The SMILES string of the molecule is C=C1C(=O)C[C@H]2[C@@H]1[C@@H](C)N(C(=O)OC(C)(C)C)[C@@H]2C(=O)OCC. The molecule has 0 spiro atoms. The van der Waals surface area contributed by atoms with Crippen LogP contribution < -0.4 is 0 Å². The van der Waals surface area contributed by atoms with Crippen LogP contribution in [0.15, 0.2) is 12.2 Å². The Bertz CT molecular complexity index is 548. The summed E-state index contributed by atoms with van der Waals surface area (Å²) in [7, 11) is 0. The van der Waals surface area contributed by atoms with Gasteiger partial charge in [0.2, 0.25) is 0 Å². The summed E-state index contributed by atoms with van der Waals surface area (Å²) in [4.78, 5) is 38.4. The van der Waals surface area contributed by atoms with Crippen LogP contribution >= 0.6 is 0 Å². The number of rotatable bonds is 2. The Morgan fingerprint density at radius 3 is 2.48 bits per heavy atom. The minimum Gasteiger partial charge on any atom is -0.464 e. The first-order valence-electron chi connectivity index (χ1n) is 7.98. The predicted octanol–water partition coefficient (Wildman–Crippen LogP) is 2.32. The lowest BCUT2D eigenvalue weighted by atomic mass is 9.89. The Labute approximate surface area is 136 Å². The maximum Gasteiger partial charge on any atom is 0.411 e. The average molecular weight is 323 g/mol. The van der Waals surface area contributed by atoms with E-state index in [-0.39, 0.29) is 36.7 Å². The van der Waals surface area contributed by atoms with Gasteiger partial charge in [-0.1, -0.05) is 6.58 Å². The van der Waals surface area contributed by atoms with Crippen molar-refractivity contribution in [3.05, 3.63) is 12.2 Å². The lowest BCUT2D eigenvalue weighted by molar-refractivity contribution is -0.150. The molecule has 2 aliphatic rings. The van der Waals surface area contributed by atoms with E-state index in [4.69, 9.17) is 9.47 Å². The molecule has 0 bridgehead atoms. The van der Waals surface area contributed by atoms with E-state index in [0.29, 0.717) is 5.57 Å². The highest BCUT2D eigenvalue weighted by Crippen LogP contribution is 2.47. The number of carbonyl (C=O) groups is 3. The molecule has 0 aromatic rings. The topological polar surface area (TPSA) is 72.9 Å². The first-order chi connectivity index (χ1) is 10.6. The fourth-order valence-corrected chi connectivity index (χ4v) is 3.62. The number of fused-ring (bicyclic) bond motifs is 1. The molecule has 2 rings (SSSR count). The molecule has 128 valence electrons. The van der Waals surface area contributed by atoms with Gasteiger partial charge in [0.15, 0.2) is 5.78 Å². The van der Waals surface area contributed by atoms with Crippen LogP contribution in [0.1, 0.15) is 41.0 Å². The molecule has 1 saturated carbocycles. The molecule has 1 amide bonds. The van der Waals surface area contributed by atoms with Crippen LogP contribution in [0, 0.1) is 11.8 Å². The van der Waals surface area contributed by atoms with Crippen molar-refractivity contribution in [1.82, 2.24) is 4.90 Å². The summed E-state index contributed by atoms with van der Waals surface area (Å²) in [6.07, 6.45) is -0.339. The number of nitrogens with zero attached hydrogens (tertiary/aromatic N) is 1. The van der Waals surface area contributed by atoms with E-state index in [1.54, 1.807) is 27.7 Å². The molecule has 0 aromatic heterocycles. The minimum absolute atomic E-state index is 0.0370. The van der Waals surface area contributed by atoms with Gasteiger partial charge in [0.25, 0.3) is 0 Å². The highest BCUT2D eigenvalue weighted by Gasteiger charge is 2.58. The number of hydrogen-bond donors (Lipinski definition) is 0. The lowest BCUT2D eigenvalue weighted by Crippen LogP contribution is -2.49. The standard InChI is InChI=1S/C17H25NO5/c1-7-22-15(20)14-11-8-12(19)9(2)13(11)10(3)18(14)16(21)23-17(4,5)6/h10-11,13-14H,2,7-8H2,1,3-6H3/t10-,11+,13+,14+/m1/s1. The molecular weight excluding hydrogens is 298 g/mol. The molecule has 1 saturated heterocycles. The number of esters is 1. The summed E-state index contributed by atoms with van der Waals surface area (Å²) in [6.45, 7) is 12.9. The second kappa shape index (κ2) is 5.98. The molecule has 23 heavy (non-hydrogen) atoms. The number of likely N-dealkylation sites (tertiary alicyclic amines) is 1. The van der Waals surface area contributed by atoms with Gasteiger partial charge in [-0.25, -0.2) is 9.59 Å². The Balaban J connectivity index is 2.35. The zero-order valence-electron chi connectivity index (χ0n) is 14.4. The van der Waals surface area contributed by atoms with Crippen molar-refractivity contribution >= 4 is 17.8 Å². The zero-order chi connectivity index (χ0) is 17.5. The van der Waals surface area contributed by atoms with Crippen molar-refractivity contribution in [2.24, 2.45) is 11.8 Å². The Morgan fingerprint density at radius 2 is 1.96 bits per heavy atom. The second-order valence-electron chi connectivity index (χ2n) is 7.17. The summed E-state index contributed by atoms with van der Waals surface area (Å²) < 4.78 is 10.6. The first-order valence-corrected chi connectivity index (χ1v) is 7.98. The van der Waals surface area contributed by atoms with Crippen LogP contribution in [0.3, 0.4) is 0 Å². The van der Waals surface area contributed by atoms with E-state index in [9.17, 15) is 14.4 Å². The van der Waals surface area contributed by atoms with Gasteiger partial charge in [-0.2, -0.15) is 0 Å². The van der Waals surface area contributed by atoms with Gasteiger partial charge in [-0.3, -0.25) is 9.69 Å². The Kier molecular flexibility index (Phi) is 4.55. The molecule has 0 N–H and O–H groups in total. The highest BCUT2D eigenvalue weighted by atomic mass is 16.6. The van der Waals surface area contributed by atoms with Gasteiger partial charge in [-0.15, -0.1) is 0 Å². The fourth-order valence-electron chi connectivity index (χ4n) is 3.62. The van der Waals surface area contributed by atoms with Gasteiger partial charge >= 0.3 is 12.1 Å². The van der Waals surface area contributed by atoms with Crippen LogP contribution in [-0.2, 0) is 19.1 Å². The number of hydrogen-bond acceptors (Lipinski definition) is 5. The van der Waals surface area contributed by atoms with Gasteiger partial charge < -0.3 is 9.47 Å². The monoisotopic (exact) mass is 323 g/mol. The van der Waals surface area contributed by atoms with Gasteiger partial charge in [0, 0.05) is 24.3 Å². The molecule has 4 atom stereocenters. The average Bonchev–Trinajstić information content (AvgIpc) is 2.84. The number of Topliss-reactive ketones (excluding diaryl/α,β-unsaturated/α-hetero) is 1. The third-order valence-electron chi connectivity index (χ3n) is 4.44. The molecule has 6 nitrogen and oxygen atoms in total. The fraction of sp³-hybridized carbons (Fsp3) is 0.706. The van der Waals surface area contributed by atoms with E-state index >= 15 is 0 Å². The zero-order valence-corrected chi connectivity index (χ0v) is 14.4. The highest BCUT2D eigenvalue weighted by molar-refractivity contribution is 6.00. The number of ketones is 1. The van der Waals surface area contributed by atoms with Gasteiger partial charge in [-0.05, 0) is 40.2 Å². The smallest absolute Gasteiger partial charge is 0.411 e. The molecule has 0 aromatic carbocycles. The summed E-state index contributed by atoms with van der Waals surface area (Å²) in [6, 6.07) is -1.13. The maximum absolute atomic E-state index is 12.6. The lowest BCUT2D eigenvalue weighted by Gasteiger charge is -2.31. The van der Waals surface area contributed by atoms with Gasteiger partial charge in [0.1, 0.15) is 11.6 Å². The third kappa shape index (κ3) is 3.12. The van der Waals surface area contributed by atoms with E-state index < -0.39 is 23.7 Å². The van der Waals surface area contributed by atoms with Crippen molar-refractivity contribution < 1.29 is 23.9 Å². The van der Waals surface area contributed by atoms with Crippen molar-refractivity contribution in [1.29, 1.82) is 0 Å². The molecule has 6 heteroatoms. The van der Waals surface area contributed by atoms with Crippen LogP contribution in [0.4, 0.5) is 4.79 Å². The van der Waals surface area contributed by atoms with Crippen LogP contribution in [0.25, 0.3) is 0 Å². The molecule has 1 aliphatic carbocycles. The van der Waals surface area contributed by atoms with E-state index in [1.807, 2.05) is 6.92 Å². The van der Waals surface area contributed by atoms with Crippen LogP contribution in [0.2, 0.25) is 0 Å². The van der Waals surface area contributed by atoms with Crippen LogP contribution in [-0.4, -0.2) is 47.0 Å². The van der Waals surface area contributed by atoms with Crippen molar-refractivity contribution in [3.63, 3.8) is 0 Å². The normalized spacial score (nSPS) is 30.4.